The second-order valence-corrected chi connectivity index (χ2v) is 5.85. The molecule has 3 atom stereocenters. The van der Waals surface area contributed by atoms with Crippen LogP contribution in [0.5, 0.6) is 5.75 Å². The summed E-state index contributed by atoms with van der Waals surface area (Å²) in [7, 11) is 1.58. The van der Waals surface area contributed by atoms with Gasteiger partial charge in [0, 0.05) is 7.11 Å². The van der Waals surface area contributed by atoms with E-state index in [0.717, 1.165) is 25.7 Å². The van der Waals surface area contributed by atoms with Crippen molar-refractivity contribution in [2.75, 3.05) is 13.7 Å². The third kappa shape index (κ3) is 4.60. The lowest BCUT2D eigenvalue weighted by Crippen LogP contribution is -2.49. The molecule has 5 nitrogen and oxygen atoms in total. The molecule has 0 heterocycles. The maximum absolute atomic E-state index is 12.0. The molecule has 1 saturated carbocycles. The van der Waals surface area contributed by atoms with Crippen LogP contribution in [0.2, 0.25) is 5.02 Å². The van der Waals surface area contributed by atoms with Crippen LogP contribution in [0, 0.1) is 0 Å². The highest BCUT2D eigenvalue weighted by molar-refractivity contribution is 6.32. The molecule has 0 bridgehead atoms. The Morgan fingerprint density at radius 1 is 1.36 bits per heavy atom. The van der Waals surface area contributed by atoms with Crippen LogP contribution < -0.4 is 10.1 Å². The van der Waals surface area contributed by atoms with E-state index in [-0.39, 0.29) is 24.7 Å². The van der Waals surface area contributed by atoms with Crippen LogP contribution in [0.3, 0.4) is 0 Å². The molecule has 1 amide bonds. The Kier molecular flexibility index (Phi) is 6.49. The molecule has 22 heavy (non-hydrogen) atoms. The van der Waals surface area contributed by atoms with Crippen LogP contribution in [0.4, 0.5) is 0 Å². The van der Waals surface area contributed by atoms with Crippen molar-refractivity contribution in [3.8, 4) is 5.75 Å². The van der Waals surface area contributed by atoms with Gasteiger partial charge in [-0.25, -0.2) is 0 Å². The second kappa shape index (κ2) is 8.36. The van der Waals surface area contributed by atoms with Gasteiger partial charge in [0.1, 0.15) is 11.9 Å². The van der Waals surface area contributed by atoms with Crippen molar-refractivity contribution in [3.63, 3.8) is 0 Å². The number of halogens is 1. The van der Waals surface area contributed by atoms with Gasteiger partial charge in [0.05, 0.1) is 17.2 Å². The van der Waals surface area contributed by atoms with Crippen molar-refractivity contribution in [1.82, 2.24) is 5.32 Å². The Morgan fingerprint density at radius 3 is 2.82 bits per heavy atom. The first-order valence-electron chi connectivity index (χ1n) is 7.49. The molecule has 0 aromatic heterocycles. The molecule has 1 aromatic carbocycles. The normalized spacial score (nSPS) is 25.3. The summed E-state index contributed by atoms with van der Waals surface area (Å²) in [6.45, 7) is -0.134. The average Bonchev–Trinajstić information content (AvgIpc) is 2.69. The highest BCUT2D eigenvalue weighted by Crippen LogP contribution is 2.23. The molecule has 1 aliphatic rings. The number of nitrogens with one attached hydrogen (secondary N) is 1. The summed E-state index contributed by atoms with van der Waals surface area (Å²) in [6, 6.07) is 6.68. The van der Waals surface area contributed by atoms with E-state index in [1.165, 1.54) is 0 Å². The minimum Gasteiger partial charge on any atom is -0.482 e. The van der Waals surface area contributed by atoms with E-state index in [2.05, 4.69) is 5.32 Å². The summed E-state index contributed by atoms with van der Waals surface area (Å²) in [5.41, 5.74) is 0. The number of benzene rings is 1. The highest BCUT2D eigenvalue weighted by Gasteiger charge is 2.31. The predicted molar refractivity (Wildman–Crippen MR) is 84.1 cm³/mol. The number of ether oxygens (including phenoxy) is 2. The lowest BCUT2D eigenvalue weighted by Gasteiger charge is -2.27. The lowest BCUT2D eigenvalue weighted by molar-refractivity contribution is -0.125. The van der Waals surface area contributed by atoms with Crippen molar-refractivity contribution in [1.29, 1.82) is 0 Å². The number of aliphatic hydroxyl groups is 1. The van der Waals surface area contributed by atoms with Gasteiger partial charge in [-0.15, -0.1) is 0 Å². The molecule has 1 aromatic rings. The minimum absolute atomic E-state index is 0.134. The number of aliphatic hydroxyl groups excluding tert-OH is 1. The Hall–Kier alpha value is -1.30. The largest absolute Gasteiger partial charge is 0.482 e. The summed E-state index contributed by atoms with van der Waals surface area (Å²) < 4.78 is 10.7. The number of methoxy groups -OCH3 is 1. The maximum Gasteiger partial charge on any atom is 0.258 e. The van der Waals surface area contributed by atoms with Crippen LogP contribution in [0.1, 0.15) is 25.7 Å². The van der Waals surface area contributed by atoms with Crippen molar-refractivity contribution in [2.45, 2.75) is 43.9 Å². The fraction of sp³-hybridized carbons (Fsp3) is 0.562. The van der Waals surface area contributed by atoms with Gasteiger partial charge in [0.25, 0.3) is 5.91 Å². The Bertz CT molecular complexity index is 497. The number of carbonyl (C=O) groups excluding carboxylic acids is 1. The highest BCUT2D eigenvalue weighted by atomic mass is 35.5. The Labute approximate surface area is 135 Å². The van der Waals surface area contributed by atoms with Gasteiger partial charge in [0.15, 0.2) is 6.61 Å². The summed E-state index contributed by atoms with van der Waals surface area (Å²) in [5, 5.41) is 13.6. The lowest BCUT2D eigenvalue weighted by atomic mass is 10.0. The van der Waals surface area contributed by atoms with Crippen LogP contribution in [-0.2, 0) is 9.53 Å². The molecule has 0 unspecified atom stereocenters. The van der Waals surface area contributed by atoms with Crippen LogP contribution in [0.15, 0.2) is 24.3 Å². The van der Waals surface area contributed by atoms with Gasteiger partial charge in [-0.2, -0.15) is 0 Å². The number of amides is 1. The van der Waals surface area contributed by atoms with Crippen LogP contribution >= 0.6 is 11.6 Å². The van der Waals surface area contributed by atoms with Gasteiger partial charge < -0.3 is 19.9 Å². The van der Waals surface area contributed by atoms with Crippen molar-refractivity contribution in [3.05, 3.63) is 29.3 Å². The second-order valence-electron chi connectivity index (χ2n) is 5.44. The van der Waals surface area contributed by atoms with E-state index >= 15 is 0 Å². The van der Waals surface area contributed by atoms with E-state index < -0.39 is 6.10 Å². The molecule has 0 spiro atoms. The first kappa shape index (κ1) is 17.1. The molecular formula is C16H22ClNO4. The standard InChI is InChI=1S/C16H22ClNO4/c1-21-14-9-5-3-7-12(16(14)20)18-15(19)10-22-13-8-4-2-6-11(13)17/h2,4,6,8,12,14,16,20H,3,5,7,9-10H2,1H3,(H,18,19)/t12-,14-,16-/m1/s1. The maximum atomic E-state index is 12.0. The first-order chi connectivity index (χ1) is 10.6. The fourth-order valence-electron chi connectivity index (χ4n) is 2.68. The average molecular weight is 328 g/mol. The zero-order chi connectivity index (χ0) is 15.9. The number of rotatable bonds is 5. The minimum atomic E-state index is -0.697. The van der Waals surface area contributed by atoms with Crippen molar-refractivity contribution in [2.24, 2.45) is 0 Å². The van der Waals surface area contributed by atoms with Crippen LogP contribution in [0.25, 0.3) is 0 Å². The number of carbonyl (C=O) groups is 1. The summed E-state index contributed by atoms with van der Waals surface area (Å²) in [4.78, 5) is 12.0. The third-order valence-corrected chi connectivity index (χ3v) is 4.20. The Balaban J connectivity index is 1.86. The van der Waals surface area contributed by atoms with E-state index in [4.69, 9.17) is 21.1 Å². The predicted octanol–water partition coefficient (Wildman–Crippen LogP) is 2.15. The molecule has 0 radical (unpaired) electrons. The summed E-state index contributed by atoms with van der Waals surface area (Å²) in [6.07, 6.45) is 2.54. The summed E-state index contributed by atoms with van der Waals surface area (Å²) >= 11 is 5.97. The quantitative estimate of drug-likeness (QED) is 0.813. The van der Waals surface area contributed by atoms with Crippen LogP contribution in [-0.4, -0.2) is 43.0 Å². The zero-order valence-corrected chi connectivity index (χ0v) is 13.4. The number of para-hydroxylation sites is 1. The van der Waals surface area contributed by atoms with Gasteiger partial charge in [-0.1, -0.05) is 36.6 Å². The molecule has 6 heteroatoms. The van der Waals surface area contributed by atoms with Gasteiger partial charge in [0.2, 0.25) is 0 Å². The molecule has 2 N–H and O–H groups in total. The summed E-state index contributed by atoms with van der Waals surface area (Å²) in [5.74, 6) is 0.191. The first-order valence-corrected chi connectivity index (χ1v) is 7.87. The monoisotopic (exact) mass is 327 g/mol. The van der Waals surface area contributed by atoms with Gasteiger partial charge >= 0.3 is 0 Å². The topological polar surface area (TPSA) is 67.8 Å². The molecule has 0 aliphatic heterocycles. The smallest absolute Gasteiger partial charge is 0.258 e. The zero-order valence-electron chi connectivity index (χ0n) is 12.6. The van der Waals surface area contributed by atoms with Crippen molar-refractivity contribution < 1.29 is 19.4 Å². The van der Waals surface area contributed by atoms with E-state index in [1.807, 2.05) is 0 Å². The van der Waals surface area contributed by atoms with E-state index in [0.29, 0.717) is 10.8 Å². The fourth-order valence-corrected chi connectivity index (χ4v) is 2.87. The number of hydrogen-bond donors (Lipinski definition) is 2. The van der Waals surface area contributed by atoms with Gasteiger partial charge in [-0.3, -0.25) is 4.79 Å². The molecular weight excluding hydrogens is 306 g/mol. The van der Waals surface area contributed by atoms with E-state index in [1.54, 1.807) is 31.4 Å². The SMILES string of the molecule is CO[C@@H]1CCCC[C@@H](NC(=O)COc2ccccc2Cl)[C@H]1O. The van der Waals surface area contributed by atoms with E-state index in [9.17, 15) is 9.90 Å². The molecule has 1 aliphatic carbocycles. The Morgan fingerprint density at radius 2 is 2.09 bits per heavy atom. The molecule has 2 rings (SSSR count). The molecule has 0 saturated heterocycles. The molecule has 122 valence electrons. The molecule has 1 fully saturated rings. The number of hydrogen-bond acceptors (Lipinski definition) is 4. The van der Waals surface area contributed by atoms with Gasteiger partial charge in [-0.05, 0) is 25.0 Å². The third-order valence-electron chi connectivity index (χ3n) is 3.89. The van der Waals surface area contributed by atoms with Crippen molar-refractivity contribution >= 4 is 17.5 Å².